The van der Waals surface area contributed by atoms with Crippen LogP contribution in [0.25, 0.3) is 11.5 Å². The molecular formula is C21H33N3O. The van der Waals surface area contributed by atoms with Gasteiger partial charge in [0, 0.05) is 5.56 Å². The lowest BCUT2D eigenvalue weighted by atomic mass is 9.79. The topological polar surface area (TPSA) is 42.2 Å². The van der Waals surface area contributed by atoms with Gasteiger partial charge in [-0.1, -0.05) is 61.5 Å². The summed E-state index contributed by atoms with van der Waals surface area (Å²) >= 11 is 0. The molecule has 2 rings (SSSR count). The summed E-state index contributed by atoms with van der Waals surface area (Å²) in [5.74, 6) is 1.29. The minimum atomic E-state index is 0.0695. The zero-order valence-corrected chi connectivity index (χ0v) is 17.1. The van der Waals surface area contributed by atoms with Crippen molar-refractivity contribution in [1.82, 2.24) is 15.1 Å². The molecule has 1 heterocycles. The molecular weight excluding hydrogens is 310 g/mol. The van der Waals surface area contributed by atoms with Crippen LogP contribution in [0.15, 0.2) is 22.6 Å². The third-order valence-corrected chi connectivity index (χ3v) is 4.63. The van der Waals surface area contributed by atoms with E-state index in [1.54, 1.807) is 0 Å². The van der Waals surface area contributed by atoms with Crippen LogP contribution in [0, 0.1) is 0 Å². The Morgan fingerprint density at radius 1 is 0.840 bits per heavy atom. The minimum absolute atomic E-state index is 0.0695. The molecule has 0 fully saturated rings. The summed E-state index contributed by atoms with van der Waals surface area (Å²) in [4.78, 5) is 2.27. The molecule has 25 heavy (non-hydrogen) atoms. The Morgan fingerprint density at radius 2 is 1.36 bits per heavy atom. The molecule has 0 bridgehead atoms. The third kappa shape index (κ3) is 4.91. The summed E-state index contributed by atoms with van der Waals surface area (Å²) in [7, 11) is 0. The van der Waals surface area contributed by atoms with Crippen LogP contribution in [-0.2, 0) is 17.4 Å². The highest BCUT2D eigenvalue weighted by Crippen LogP contribution is 2.33. The molecule has 0 radical (unpaired) electrons. The van der Waals surface area contributed by atoms with Gasteiger partial charge in [0.15, 0.2) is 0 Å². The van der Waals surface area contributed by atoms with Crippen molar-refractivity contribution in [2.75, 3.05) is 13.1 Å². The second-order valence-corrected chi connectivity index (χ2v) is 8.76. The number of hydrogen-bond acceptors (Lipinski definition) is 4. The fourth-order valence-corrected chi connectivity index (χ4v) is 2.69. The fourth-order valence-electron chi connectivity index (χ4n) is 2.69. The van der Waals surface area contributed by atoms with Crippen molar-refractivity contribution in [1.29, 1.82) is 0 Å². The number of hydrogen-bond donors (Lipinski definition) is 0. The van der Waals surface area contributed by atoms with Gasteiger partial charge in [0.1, 0.15) is 0 Å². The zero-order chi connectivity index (χ0) is 18.8. The summed E-state index contributed by atoms with van der Waals surface area (Å²) in [6, 6.07) is 6.67. The molecule has 138 valence electrons. The van der Waals surface area contributed by atoms with E-state index in [-0.39, 0.29) is 10.8 Å². The van der Waals surface area contributed by atoms with Gasteiger partial charge < -0.3 is 4.42 Å². The molecule has 2 aromatic rings. The molecule has 0 N–H and O–H groups in total. The first-order chi connectivity index (χ1) is 11.5. The number of rotatable bonds is 5. The zero-order valence-electron chi connectivity index (χ0n) is 17.1. The Balaban J connectivity index is 2.43. The van der Waals surface area contributed by atoms with Gasteiger partial charge in [-0.2, -0.15) is 0 Å². The van der Waals surface area contributed by atoms with Gasteiger partial charge in [0.05, 0.1) is 6.54 Å². The smallest absolute Gasteiger partial charge is 0.247 e. The van der Waals surface area contributed by atoms with E-state index in [1.165, 1.54) is 11.1 Å². The first kappa shape index (κ1) is 19.6. The van der Waals surface area contributed by atoms with E-state index in [0.29, 0.717) is 18.3 Å². The van der Waals surface area contributed by atoms with Crippen molar-refractivity contribution in [3.63, 3.8) is 0 Å². The molecule has 1 aromatic carbocycles. The highest BCUT2D eigenvalue weighted by atomic mass is 16.4. The van der Waals surface area contributed by atoms with Crippen LogP contribution in [-0.4, -0.2) is 28.2 Å². The quantitative estimate of drug-likeness (QED) is 0.751. The van der Waals surface area contributed by atoms with Crippen molar-refractivity contribution < 1.29 is 4.42 Å². The van der Waals surface area contributed by atoms with Crippen LogP contribution in [0.3, 0.4) is 0 Å². The van der Waals surface area contributed by atoms with Crippen LogP contribution in [0.4, 0.5) is 0 Å². The Labute approximate surface area is 152 Å². The van der Waals surface area contributed by atoms with E-state index >= 15 is 0 Å². The average molecular weight is 344 g/mol. The second kappa shape index (κ2) is 7.28. The van der Waals surface area contributed by atoms with Crippen LogP contribution >= 0.6 is 0 Å². The van der Waals surface area contributed by atoms with Crippen LogP contribution in [0.1, 0.15) is 72.4 Å². The number of nitrogens with zero attached hydrogens (tertiary/aromatic N) is 3. The SMILES string of the molecule is CCN(CC)Cc1nnc(-c2cc(C(C)(C)C)cc(C(C)(C)C)c2)o1. The molecule has 4 nitrogen and oxygen atoms in total. The predicted molar refractivity (Wildman–Crippen MR) is 104 cm³/mol. The van der Waals surface area contributed by atoms with E-state index in [2.05, 4.69) is 88.7 Å². The van der Waals surface area contributed by atoms with Crippen molar-refractivity contribution in [2.24, 2.45) is 0 Å². The molecule has 0 aliphatic carbocycles. The van der Waals surface area contributed by atoms with Crippen molar-refractivity contribution in [3.05, 3.63) is 35.2 Å². The lowest BCUT2D eigenvalue weighted by Gasteiger charge is -2.25. The molecule has 1 aromatic heterocycles. The normalized spacial score (nSPS) is 12.8. The first-order valence-corrected chi connectivity index (χ1v) is 9.25. The summed E-state index contributed by atoms with van der Waals surface area (Å²) in [6.07, 6.45) is 0. The van der Waals surface area contributed by atoms with Gasteiger partial charge in [0.2, 0.25) is 11.8 Å². The maximum absolute atomic E-state index is 5.98. The lowest BCUT2D eigenvalue weighted by molar-refractivity contribution is 0.264. The predicted octanol–water partition coefficient (Wildman–Crippen LogP) is 5.17. The molecule has 0 saturated heterocycles. The third-order valence-electron chi connectivity index (χ3n) is 4.63. The van der Waals surface area contributed by atoms with Gasteiger partial charge in [-0.25, -0.2) is 0 Å². The van der Waals surface area contributed by atoms with Crippen LogP contribution in [0.2, 0.25) is 0 Å². The Kier molecular flexibility index (Phi) is 5.72. The Hall–Kier alpha value is -1.68. The maximum Gasteiger partial charge on any atom is 0.247 e. The maximum atomic E-state index is 5.98. The fraction of sp³-hybridized carbons (Fsp3) is 0.619. The van der Waals surface area contributed by atoms with Gasteiger partial charge in [-0.15, -0.1) is 10.2 Å². The van der Waals surface area contributed by atoms with E-state index in [4.69, 9.17) is 4.42 Å². The Morgan fingerprint density at radius 3 is 1.80 bits per heavy atom. The largest absolute Gasteiger partial charge is 0.419 e. The monoisotopic (exact) mass is 343 g/mol. The molecule has 0 saturated carbocycles. The first-order valence-electron chi connectivity index (χ1n) is 9.25. The molecule has 4 heteroatoms. The molecule has 0 unspecified atom stereocenters. The van der Waals surface area contributed by atoms with E-state index in [1.807, 2.05) is 0 Å². The molecule has 0 atom stereocenters. The van der Waals surface area contributed by atoms with E-state index < -0.39 is 0 Å². The highest BCUT2D eigenvalue weighted by Gasteiger charge is 2.22. The van der Waals surface area contributed by atoms with Gasteiger partial charge in [0.25, 0.3) is 0 Å². The lowest BCUT2D eigenvalue weighted by Crippen LogP contribution is -2.22. The summed E-state index contributed by atoms with van der Waals surface area (Å²) in [5.41, 5.74) is 3.73. The van der Waals surface area contributed by atoms with Crippen molar-refractivity contribution >= 4 is 0 Å². The second-order valence-electron chi connectivity index (χ2n) is 8.76. The van der Waals surface area contributed by atoms with Crippen LogP contribution < -0.4 is 0 Å². The molecule has 0 spiro atoms. The molecule has 0 amide bonds. The number of aromatic nitrogens is 2. The van der Waals surface area contributed by atoms with Gasteiger partial charge >= 0.3 is 0 Å². The average Bonchev–Trinajstić information content (AvgIpc) is 2.99. The summed E-state index contributed by atoms with van der Waals surface area (Å²) in [6.45, 7) is 20.3. The van der Waals surface area contributed by atoms with Gasteiger partial charge in [-0.05, 0) is 47.2 Å². The molecule has 0 aliphatic rings. The highest BCUT2D eigenvalue weighted by molar-refractivity contribution is 5.57. The standard InChI is InChI=1S/C21H33N3O/c1-9-24(10-2)14-18-22-23-19(25-18)15-11-16(20(3,4)5)13-17(12-15)21(6,7)8/h11-13H,9-10,14H2,1-8H3. The minimum Gasteiger partial charge on any atom is -0.419 e. The van der Waals surface area contributed by atoms with Gasteiger partial charge in [-0.3, -0.25) is 4.90 Å². The van der Waals surface area contributed by atoms with E-state index in [9.17, 15) is 0 Å². The van der Waals surface area contributed by atoms with Crippen LogP contribution in [0.5, 0.6) is 0 Å². The van der Waals surface area contributed by atoms with Crippen molar-refractivity contribution in [2.45, 2.75) is 72.8 Å². The summed E-state index contributed by atoms with van der Waals surface area (Å²) in [5, 5.41) is 8.56. The Bertz CT molecular complexity index is 668. The van der Waals surface area contributed by atoms with Crippen molar-refractivity contribution in [3.8, 4) is 11.5 Å². The van der Waals surface area contributed by atoms with E-state index in [0.717, 1.165) is 18.7 Å². The molecule has 0 aliphatic heterocycles. The number of benzene rings is 1. The summed E-state index contributed by atoms with van der Waals surface area (Å²) < 4.78 is 5.98.